The van der Waals surface area contributed by atoms with Crippen molar-refractivity contribution in [2.24, 2.45) is 0 Å². The summed E-state index contributed by atoms with van der Waals surface area (Å²) in [5.41, 5.74) is 2.27. The Morgan fingerprint density at radius 1 is 1.08 bits per heavy atom. The lowest BCUT2D eigenvalue weighted by atomic mass is 10.1. The molecule has 0 spiro atoms. The molecule has 0 amide bonds. The maximum absolute atomic E-state index is 12.6. The molecule has 0 saturated carbocycles. The molecular formula is C21H26N2O3. The molecule has 1 aliphatic rings. The highest BCUT2D eigenvalue weighted by molar-refractivity contribution is 5.81. The predicted molar refractivity (Wildman–Crippen MR) is 102 cm³/mol. The van der Waals surface area contributed by atoms with Crippen LogP contribution in [-0.4, -0.2) is 50.3 Å². The maximum Gasteiger partial charge on any atom is 0.330 e. The summed E-state index contributed by atoms with van der Waals surface area (Å²) in [5, 5.41) is 0. The third-order valence-electron chi connectivity index (χ3n) is 4.68. The molecule has 5 heteroatoms. The number of piperazine rings is 1. The number of rotatable bonds is 6. The molecule has 1 fully saturated rings. The summed E-state index contributed by atoms with van der Waals surface area (Å²) in [5.74, 6) is 0.644. The van der Waals surface area contributed by atoms with Gasteiger partial charge in [-0.2, -0.15) is 0 Å². The zero-order valence-electron chi connectivity index (χ0n) is 15.4. The molecule has 2 aromatic carbocycles. The summed E-state index contributed by atoms with van der Waals surface area (Å²) in [6.07, 6.45) is 0. The number of benzene rings is 2. The largest absolute Gasteiger partial charge is 0.497 e. The molecule has 1 aliphatic heterocycles. The molecule has 0 aliphatic carbocycles. The van der Waals surface area contributed by atoms with Gasteiger partial charge in [0.2, 0.25) is 0 Å². The first-order valence-corrected chi connectivity index (χ1v) is 9.05. The molecule has 26 heavy (non-hydrogen) atoms. The standard InChI is InChI=1S/C21H26N2O3/c1-3-26-21(24)20-16-22(15-17-7-5-4-6-8-17)13-14-23(20)18-9-11-19(25-2)12-10-18/h4-12,20H,3,13-16H2,1-2H3/t20-/m1/s1. The van der Waals surface area contributed by atoms with Crippen LogP contribution < -0.4 is 9.64 Å². The van der Waals surface area contributed by atoms with Crippen LogP contribution in [0.15, 0.2) is 54.6 Å². The molecule has 0 bridgehead atoms. The molecule has 138 valence electrons. The second-order valence-corrected chi connectivity index (χ2v) is 6.38. The van der Waals surface area contributed by atoms with Crippen molar-refractivity contribution in [3.8, 4) is 5.75 Å². The van der Waals surface area contributed by atoms with Gasteiger partial charge in [-0.3, -0.25) is 4.90 Å². The fourth-order valence-corrected chi connectivity index (χ4v) is 3.35. The zero-order valence-corrected chi connectivity index (χ0v) is 15.4. The number of carbonyl (C=O) groups excluding carboxylic acids is 1. The molecule has 0 unspecified atom stereocenters. The third kappa shape index (κ3) is 4.35. The van der Waals surface area contributed by atoms with Crippen LogP contribution in [0.2, 0.25) is 0 Å². The average Bonchev–Trinajstić information content (AvgIpc) is 2.69. The second-order valence-electron chi connectivity index (χ2n) is 6.38. The van der Waals surface area contributed by atoms with Crippen molar-refractivity contribution >= 4 is 11.7 Å². The molecule has 2 aromatic rings. The number of anilines is 1. The Kier molecular flexibility index (Phi) is 6.12. The summed E-state index contributed by atoms with van der Waals surface area (Å²) in [6, 6.07) is 17.9. The van der Waals surface area contributed by atoms with Gasteiger partial charge in [0.1, 0.15) is 11.8 Å². The zero-order chi connectivity index (χ0) is 18.4. The third-order valence-corrected chi connectivity index (χ3v) is 4.68. The van der Waals surface area contributed by atoms with E-state index in [0.29, 0.717) is 13.2 Å². The highest BCUT2D eigenvalue weighted by atomic mass is 16.5. The average molecular weight is 354 g/mol. The minimum atomic E-state index is -0.305. The van der Waals surface area contributed by atoms with E-state index in [1.165, 1.54) is 5.56 Å². The number of hydrogen-bond acceptors (Lipinski definition) is 5. The monoisotopic (exact) mass is 354 g/mol. The molecular weight excluding hydrogens is 328 g/mol. The van der Waals surface area contributed by atoms with Crippen LogP contribution in [0.25, 0.3) is 0 Å². The van der Waals surface area contributed by atoms with Crippen LogP contribution >= 0.6 is 0 Å². The van der Waals surface area contributed by atoms with Crippen molar-refractivity contribution in [1.82, 2.24) is 4.90 Å². The SMILES string of the molecule is CCOC(=O)[C@H]1CN(Cc2ccccc2)CCN1c1ccc(OC)cc1. The van der Waals surface area contributed by atoms with Gasteiger partial charge in [-0.25, -0.2) is 4.79 Å². The first-order valence-electron chi connectivity index (χ1n) is 9.05. The molecule has 3 rings (SSSR count). The molecule has 0 N–H and O–H groups in total. The maximum atomic E-state index is 12.6. The van der Waals surface area contributed by atoms with E-state index in [1.54, 1.807) is 7.11 Å². The van der Waals surface area contributed by atoms with Gasteiger partial charge in [-0.15, -0.1) is 0 Å². The van der Waals surface area contributed by atoms with Gasteiger partial charge < -0.3 is 14.4 Å². The number of ether oxygens (including phenoxy) is 2. The van der Waals surface area contributed by atoms with Crippen molar-refractivity contribution in [2.75, 3.05) is 38.3 Å². The molecule has 1 atom stereocenters. The van der Waals surface area contributed by atoms with Crippen LogP contribution in [0, 0.1) is 0 Å². The van der Waals surface area contributed by atoms with E-state index in [-0.39, 0.29) is 12.0 Å². The first kappa shape index (κ1) is 18.3. The van der Waals surface area contributed by atoms with Crippen LogP contribution in [0.5, 0.6) is 5.75 Å². The molecule has 5 nitrogen and oxygen atoms in total. The Balaban J connectivity index is 1.75. The Bertz CT molecular complexity index is 703. The van der Waals surface area contributed by atoms with E-state index in [2.05, 4.69) is 21.9 Å². The lowest BCUT2D eigenvalue weighted by Gasteiger charge is -2.41. The lowest BCUT2D eigenvalue weighted by Crippen LogP contribution is -2.56. The van der Waals surface area contributed by atoms with Gasteiger partial charge in [-0.1, -0.05) is 30.3 Å². The fourth-order valence-electron chi connectivity index (χ4n) is 3.35. The molecule has 0 radical (unpaired) electrons. The highest BCUT2D eigenvalue weighted by Crippen LogP contribution is 2.25. The minimum Gasteiger partial charge on any atom is -0.497 e. The number of esters is 1. The topological polar surface area (TPSA) is 42.0 Å². The number of hydrogen-bond donors (Lipinski definition) is 0. The van der Waals surface area contributed by atoms with Crippen LogP contribution in [0.3, 0.4) is 0 Å². The fraction of sp³-hybridized carbons (Fsp3) is 0.381. The summed E-state index contributed by atoms with van der Waals surface area (Å²) in [6.45, 7) is 5.41. The van der Waals surface area contributed by atoms with E-state index >= 15 is 0 Å². The Hall–Kier alpha value is -2.53. The Morgan fingerprint density at radius 3 is 2.46 bits per heavy atom. The van der Waals surface area contributed by atoms with Crippen LogP contribution in [0.1, 0.15) is 12.5 Å². The van der Waals surface area contributed by atoms with Crippen molar-refractivity contribution in [2.45, 2.75) is 19.5 Å². The van der Waals surface area contributed by atoms with Crippen molar-refractivity contribution in [1.29, 1.82) is 0 Å². The highest BCUT2D eigenvalue weighted by Gasteiger charge is 2.33. The number of nitrogens with zero attached hydrogens (tertiary/aromatic N) is 2. The van der Waals surface area contributed by atoms with Gasteiger partial charge in [0, 0.05) is 31.9 Å². The Labute approximate surface area is 155 Å². The summed E-state index contributed by atoms with van der Waals surface area (Å²) >= 11 is 0. The van der Waals surface area contributed by atoms with E-state index in [9.17, 15) is 4.79 Å². The molecule has 1 heterocycles. The summed E-state index contributed by atoms with van der Waals surface area (Å²) < 4.78 is 10.6. The first-order chi connectivity index (χ1) is 12.7. The van der Waals surface area contributed by atoms with Gasteiger partial charge >= 0.3 is 5.97 Å². The summed E-state index contributed by atoms with van der Waals surface area (Å²) in [4.78, 5) is 17.0. The summed E-state index contributed by atoms with van der Waals surface area (Å²) in [7, 11) is 1.65. The number of carbonyl (C=O) groups is 1. The predicted octanol–water partition coefficient (Wildman–Crippen LogP) is 2.95. The smallest absolute Gasteiger partial charge is 0.330 e. The Morgan fingerprint density at radius 2 is 1.81 bits per heavy atom. The van der Waals surface area contributed by atoms with Crippen molar-refractivity contribution in [3.63, 3.8) is 0 Å². The van der Waals surface area contributed by atoms with Crippen molar-refractivity contribution < 1.29 is 14.3 Å². The quantitative estimate of drug-likeness (QED) is 0.746. The minimum absolute atomic E-state index is 0.166. The lowest BCUT2D eigenvalue weighted by molar-refractivity contribution is -0.145. The van der Waals surface area contributed by atoms with Gasteiger partial charge in [0.05, 0.1) is 13.7 Å². The van der Waals surface area contributed by atoms with E-state index in [1.807, 2.05) is 49.4 Å². The van der Waals surface area contributed by atoms with Gasteiger partial charge in [0.15, 0.2) is 0 Å². The van der Waals surface area contributed by atoms with E-state index < -0.39 is 0 Å². The molecule has 0 aromatic heterocycles. The molecule has 1 saturated heterocycles. The number of methoxy groups -OCH3 is 1. The van der Waals surface area contributed by atoms with Gasteiger partial charge in [0.25, 0.3) is 0 Å². The normalized spacial score (nSPS) is 17.8. The van der Waals surface area contributed by atoms with E-state index in [4.69, 9.17) is 9.47 Å². The second kappa shape index (κ2) is 8.72. The van der Waals surface area contributed by atoms with E-state index in [0.717, 1.165) is 31.1 Å². The van der Waals surface area contributed by atoms with Crippen LogP contribution in [-0.2, 0) is 16.1 Å². The van der Waals surface area contributed by atoms with Crippen molar-refractivity contribution in [3.05, 3.63) is 60.2 Å². The van der Waals surface area contributed by atoms with Crippen LogP contribution in [0.4, 0.5) is 5.69 Å². The van der Waals surface area contributed by atoms with Gasteiger partial charge in [-0.05, 0) is 36.8 Å².